The van der Waals surface area contributed by atoms with E-state index in [1.165, 1.54) is 16.9 Å². The van der Waals surface area contributed by atoms with Gasteiger partial charge in [0.2, 0.25) is 5.91 Å². The third-order valence-electron chi connectivity index (χ3n) is 5.29. The Kier molecular flexibility index (Phi) is 4.76. The van der Waals surface area contributed by atoms with Crippen LogP contribution in [0.15, 0.2) is 24.4 Å². The first-order valence-electron chi connectivity index (χ1n) is 9.25. The van der Waals surface area contributed by atoms with E-state index in [1.807, 2.05) is 24.0 Å². The molecule has 2 aromatic rings. The highest BCUT2D eigenvalue weighted by molar-refractivity contribution is 7.14. The minimum atomic E-state index is -0.180. The number of pyridine rings is 1. The highest BCUT2D eigenvalue weighted by Gasteiger charge is 2.30. The Hall–Kier alpha value is -2.21. The average Bonchev–Trinajstić information content (AvgIpc) is 3.25. The van der Waals surface area contributed by atoms with E-state index in [0.29, 0.717) is 12.4 Å². The van der Waals surface area contributed by atoms with E-state index in [1.54, 1.807) is 17.5 Å². The zero-order valence-electron chi connectivity index (χ0n) is 15.0. The van der Waals surface area contributed by atoms with Gasteiger partial charge in [-0.3, -0.25) is 9.59 Å². The van der Waals surface area contributed by atoms with Crippen molar-refractivity contribution in [1.82, 2.24) is 9.88 Å². The van der Waals surface area contributed by atoms with Gasteiger partial charge in [0.15, 0.2) is 0 Å². The number of nitrogens with one attached hydrogen (secondary N) is 1. The van der Waals surface area contributed by atoms with E-state index >= 15 is 0 Å². The Morgan fingerprint density at radius 2 is 2.19 bits per heavy atom. The van der Waals surface area contributed by atoms with E-state index in [2.05, 4.69) is 16.4 Å². The smallest absolute Gasteiger partial charge is 0.263 e. The summed E-state index contributed by atoms with van der Waals surface area (Å²) in [6.45, 7) is 3.14. The van der Waals surface area contributed by atoms with Crippen LogP contribution in [0.4, 0.5) is 5.82 Å². The lowest BCUT2D eigenvalue weighted by Crippen LogP contribution is -2.43. The van der Waals surface area contributed by atoms with Gasteiger partial charge in [0.25, 0.3) is 5.91 Å². The standard InChI is InChI=1S/C20H23N3O2S/c1-13-5-3-9-21-18(13)22-19(24)15-7-4-10-23(12-15)20(25)17-11-14-6-2-8-16(14)26-17/h3,5,9,11,15H,2,4,6-8,10,12H2,1H3,(H,21,22,24)/t15-/m1/s1. The second-order valence-electron chi connectivity index (χ2n) is 7.16. The maximum Gasteiger partial charge on any atom is 0.263 e. The van der Waals surface area contributed by atoms with Gasteiger partial charge in [-0.05, 0) is 62.3 Å². The normalized spacial score (nSPS) is 19.3. The lowest BCUT2D eigenvalue weighted by molar-refractivity contribution is -0.121. The summed E-state index contributed by atoms with van der Waals surface area (Å²) in [6.07, 6.45) is 6.73. The van der Waals surface area contributed by atoms with Crippen LogP contribution in [0.2, 0.25) is 0 Å². The van der Waals surface area contributed by atoms with Gasteiger partial charge in [0.1, 0.15) is 5.82 Å². The summed E-state index contributed by atoms with van der Waals surface area (Å²) >= 11 is 1.64. The summed E-state index contributed by atoms with van der Waals surface area (Å²) in [4.78, 5) is 33.8. The molecular weight excluding hydrogens is 346 g/mol. The third kappa shape index (κ3) is 3.38. The van der Waals surface area contributed by atoms with E-state index in [9.17, 15) is 9.59 Å². The molecule has 0 bridgehead atoms. The number of fused-ring (bicyclic) bond motifs is 1. The zero-order valence-corrected chi connectivity index (χ0v) is 15.8. The van der Waals surface area contributed by atoms with E-state index in [4.69, 9.17) is 0 Å². The first-order chi connectivity index (χ1) is 12.6. The van der Waals surface area contributed by atoms with Gasteiger partial charge in [0.05, 0.1) is 10.8 Å². The highest BCUT2D eigenvalue weighted by atomic mass is 32.1. The molecule has 0 saturated carbocycles. The molecule has 1 saturated heterocycles. The van der Waals surface area contributed by atoms with Crippen molar-refractivity contribution in [3.05, 3.63) is 45.3 Å². The maximum absolute atomic E-state index is 12.9. The van der Waals surface area contributed by atoms with Crippen molar-refractivity contribution in [1.29, 1.82) is 0 Å². The lowest BCUT2D eigenvalue weighted by Gasteiger charge is -2.31. The first kappa shape index (κ1) is 17.2. The van der Waals surface area contributed by atoms with Gasteiger partial charge >= 0.3 is 0 Å². The van der Waals surface area contributed by atoms with Crippen molar-refractivity contribution in [3.8, 4) is 0 Å². The number of aromatic nitrogens is 1. The molecule has 0 spiro atoms. The van der Waals surface area contributed by atoms with Crippen LogP contribution < -0.4 is 5.32 Å². The number of hydrogen-bond acceptors (Lipinski definition) is 4. The van der Waals surface area contributed by atoms with Gasteiger partial charge in [-0.15, -0.1) is 11.3 Å². The van der Waals surface area contributed by atoms with Crippen molar-refractivity contribution in [2.45, 2.75) is 39.0 Å². The Morgan fingerprint density at radius 3 is 3.00 bits per heavy atom. The molecular formula is C20H23N3O2S. The summed E-state index contributed by atoms with van der Waals surface area (Å²) in [7, 11) is 0. The van der Waals surface area contributed by atoms with Gasteiger partial charge < -0.3 is 10.2 Å². The Balaban J connectivity index is 1.42. The summed E-state index contributed by atoms with van der Waals surface area (Å²) in [5.41, 5.74) is 2.29. The van der Waals surface area contributed by atoms with Crippen LogP contribution in [-0.2, 0) is 17.6 Å². The molecule has 0 aromatic carbocycles. The van der Waals surface area contributed by atoms with Crippen LogP contribution in [0.5, 0.6) is 0 Å². The summed E-state index contributed by atoms with van der Waals surface area (Å²) in [6, 6.07) is 5.84. The van der Waals surface area contributed by atoms with Gasteiger partial charge in [-0.1, -0.05) is 6.07 Å². The number of carbonyl (C=O) groups is 2. The van der Waals surface area contributed by atoms with Crippen molar-refractivity contribution in [2.75, 3.05) is 18.4 Å². The van der Waals surface area contributed by atoms with Crippen molar-refractivity contribution in [2.24, 2.45) is 5.92 Å². The van der Waals surface area contributed by atoms with E-state index in [0.717, 1.165) is 42.7 Å². The molecule has 26 heavy (non-hydrogen) atoms. The molecule has 1 atom stereocenters. The monoisotopic (exact) mass is 369 g/mol. The molecule has 1 N–H and O–H groups in total. The second-order valence-corrected chi connectivity index (χ2v) is 8.30. The number of thiophene rings is 1. The molecule has 1 fully saturated rings. The maximum atomic E-state index is 12.9. The molecule has 3 heterocycles. The number of amides is 2. The molecule has 2 aliphatic rings. The molecule has 5 nitrogen and oxygen atoms in total. The van der Waals surface area contributed by atoms with Crippen LogP contribution in [0.25, 0.3) is 0 Å². The van der Waals surface area contributed by atoms with E-state index in [-0.39, 0.29) is 17.7 Å². The fourth-order valence-electron chi connectivity index (χ4n) is 3.80. The Bertz CT molecular complexity index is 824. The third-order valence-corrected chi connectivity index (χ3v) is 6.51. The number of likely N-dealkylation sites (tertiary alicyclic amines) is 1. The Labute approximate surface area is 157 Å². The zero-order chi connectivity index (χ0) is 18.1. The molecule has 4 rings (SSSR count). The van der Waals surface area contributed by atoms with Crippen LogP contribution in [0, 0.1) is 12.8 Å². The van der Waals surface area contributed by atoms with Crippen molar-refractivity contribution >= 4 is 29.0 Å². The van der Waals surface area contributed by atoms with Crippen molar-refractivity contribution < 1.29 is 9.59 Å². The summed E-state index contributed by atoms with van der Waals surface area (Å²) in [5, 5.41) is 2.93. The molecule has 136 valence electrons. The fraction of sp³-hybridized carbons (Fsp3) is 0.450. The fourth-order valence-corrected chi connectivity index (χ4v) is 5.02. The average molecular weight is 369 g/mol. The quantitative estimate of drug-likeness (QED) is 0.902. The SMILES string of the molecule is Cc1cccnc1NC(=O)[C@@H]1CCCN(C(=O)c2cc3c(s2)CCC3)C1. The van der Waals surface area contributed by atoms with Crippen LogP contribution >= 0.6 is 11.3 Å². The molecule has 0 radical (unpaired) electrons. The predicted molar refractivity (Wildman–Crippen MR) is 103 cm³/mol. The number of piperidine rings is 1. The number of anilines is 1. The summed E-state index contributed by atoms with van der Waals surface area (Å²) in [5.74, 6) is 0.463. The molecule has 0 unspecified atom stereocenters. The largest absolute Gasteiger partial charge is 0.337 e. The van der Waals surface area contributed by atoms with E-state index < -0.39 is 0 Å². The highest BCUT2D eigenvalue weighted by Crippen LogP contribution is 2.32. The number of carbonyl (C=O) groups excluding carboxylic acids is 2. The first-order valence-corrected chi connectivity index (χ1v) is 10.1. The van der Waals surface area contributed by atoms with Crippen LogP contribution in [0.1, 0.15) is 44.9 Å². The number of nitrogens with zero attached hydrogens (tertiary/aromatic N) is 2. The van der Waals surface area contributed by atoms with Crippen LogP contribution in [0.3, 0.4) is 0 Å². The minimum absolute atomic E-state index is 0.0435. The Morgan fingerprint density at radius 1 is 1.31 bits per heavy atom. The molecule has 2 amide bonds. The predicted octanol–water partition coefficient (Wildman–Crippen LogP) is 3.43. The summed E-state index contributed by atoms with van der Waals surface area (Å²) < 4.78 is 0. The van der Waals surface area contributed by atoms with Gasteiger partial charge in [-0.25, -0.2) is 4.98 Å². The number of hydrogen-bond donors (Lipinski definition) is 1. The van der Waals surface area contributed by atoms with Gasteiger partial charge in [0, 0.05) is 24.2 Å². The van der Waals surface area contributed by atoms with Gasteiger partial charge in [-0.2, -0.15) is 0 Å². The molecule has 2 aromatic heterocycles. The second kappa shape index (κ2) is 7.19. The topological polar surface area (TPSA) is 62.3 Å². The van der Waals surface area contributed by atoms with Crippen molar-refractivity contribution in [3.63, 3.8) is 0 Å². The number of aryl methyl sites for hydroxylation is 3. The minimum Gasteiger partial charge on any atom is -0.337 e. The number of rotatable bonds is 3. The molecule has 1 aliphatic heterocycles. The molecule has 1 aliphatic carbocycles. The lowest BCUT2D eigenvalue weighted by atomic mass is 9.97. The molecule has 6 heteroatoms. The van der Waals surface area contributed by atoms with Crippen LogP contribution in [-0.4, -0.2) is 34.8 Å².